The first-order valence-corrected chi connectivity index (χ1v) is 11.2. The Balaban J connectivity index is 1.15. The Bertz CT molecular complexity index is 1310. The molecule has 172 valence electrons. The Labute approximate surface area is 196 Å². The van der Waals surface area contributed by atoms with Crippen molar-refractivity contribution in [2.45, 2.75) is 6.54 Å². The Morgan fingerprint density at radius 2 is 1.38 bits per heavy atom. The van der Waals surface area contributed by atoms with Crippen LogP contribution in [-0.4, -0.2) is 58.0 Å². The highest BCUT2D eigenvalue weighted by atomic mass is 19.1. The number of nitrogens with zero attached hydrogens (tertiary/aromatic N) is 3. The van der Waals surface area contributed by atoms with Crippen molar-refractivity contribution in [3.63, 3.8) is 0 Å². The zero-order valence-electron chi connectivity index (χ0n) is 18.5. The van der Waals surface area contributed by atoms with E-state index in [0.717, 1.165) is 22.3 Å². The smallest absolute Gasteiger partial charge is 0.253 e. The quantitative estimate of drug-likeness (QED) is 0.476. The van der Waals surface area contributed by atoms with E-state index in [1.165, 1.54) is 24.3 Å². The van der Waals surface area contributed by atoms with Gasteiger partial charge < -0.3 is 15.1 Å². The minimum absolute atomic E-state index is 0.0494. The van der Waals surface area contributed by atoms with Crippen LogP contribution in [0.2, 0.25) is 0 Å². The molecule has 0 radical (unpaired) electrons. The highest BCUT2D eigenvalue weighted by molar-refractivity contribution is 5.96. The Morgan fingerprint density at radius 3 is 2.00 bits per heavy atom. The number of H-pyrrole nitrogens is 1. The van der Waals surface area contributed by atoms with Gasteiger partial charge in [-0.25, -0.2) is 4.39 Å². The normalized spacial score (nSPS) is 13.8. The second-order valence-electron chi connectivity index (χ2n) is 8.26. The van der Waals surface area contributed by atoms with E-state index in [9.17, 15) is 14.0 Å². The van der Waals surface area contributed by atoms with Crippen LogP contribution in [0.5, 0.6) is 0 Å². The lowest BCUT2D eigenvalue weighted by atomic mass is 10.1. The van der Waals surface area contributed by atoms with Gasteiger partial charge in [0, 0.05) is 49.2 Å². The Morgan fingerprint density at radius 1 is 0.824 bits per heavy atom. The van der Waals surface area contributed by atoms with E-state index < -0.39 is 0 Å². The summed E-state index contributed by atoms with van der Waals surface area (Å²) in [5.41, 5.74) is 3.09. The van der Waals surface area contributed by atoms with Crippen molar-refractivity contribution >= 4 is 28.5 Å². The zero-order valence-corrected chi connectivity index (χ0v) is 18.5. The number of hydrogen-bond donors (Lipinski definition) is 2. The van der Waals surface area contributed by atoms with Gasteiger partial charge in [0.25, 0.3) is 11.8 Å². The van der Waals surface area contributed by atoms with Crippen LogP contribution in [0.15, 0.2) is 72.8 Å². The number of hydrogen-bond acceptors (Lipinski definition) is 4. The maximum Gasteiger partial charge on any atom is 0.253 e. The molecule has 1 fully saturated rings. The molecule has 0 unspecified atom stereocenters. The number of nitrogens with one attached hydrogen (secondary N) is 2. The van der Waals surface area contributed by atoms with Crippen LogP contribution in [0.4, 0.5) is 10.2 Å². The molecule has 0 saturated carbocycles. The van der Waals surface area contributed by atoms with Crippen LogP contribution in [-0.2, 0) is 6.54 Å². The zero-order chi connectivity index (χ0) is 23.5. The third kappa shape index (κ3) is 4.47. The number of fused-ring (bicyclic) bond motifs is 1. The molecule has 1 aliphatic heterocycles. The first kappa shape index (κ1) is 21.6. The predicted molar refractivity (Wildman–Crippen MR) is 128 cm³/mol. The number of benzene rings is 3. The Kier molecular flexibility index (Phi) is 5.95. The number of carbonyl (C=O) groups is 2. The van der Waals surface area contributed by atoms with E-state index in [4.69, 9.17) is 0 Å². The lowest BCUT2D eigenvalue weighted by Gasteiger charge is -2.35. The number of aromatic amines is 1. The van der Waals surface area contributed by atoms with Crippen molar-refractivity contribution in [2.75, 3.05) is 31.5 Å². The number of anilines is 1. The van der Waals surface area contributed by atoms with Gasteiger partial charge in [-0.05, 0) is 54.1 Å². The van der Waals surface area contributed by atoms with Crippen molar-refractivity contribution in [2.24, 2.45) is 0 Å². The second-order valence-corrected chi connectivity index (χ2v) is 8.26. The number of carbonyl (C=O) groups excluding carboxylic acids is 2. The van der Waals surface area contributed by atoms with E-state index in [0.29, 0.717) is 43.9 Å². The van der Waals surface area contributed by atoms with Gasteiger partial charge >= 0.3 is 0 Å². The van der Waals surface area contributed by atoms with E-state index >= 15 is 0 Å². The van der Waals surface area contributed by atoms with Crippen LogP contribution in [0.3, 0.4) is 0 Å². The number of para-hydroxylation sites is 1. The topological polar surface area (TPSA) is 81.3 Å². The van der Waals surface area contributed by atoms with Gasteiger partial charge in [0.1, 0.15) is 5.82 Å². The summed E-state index contributed by atoms with van der Waals surface area (Å²) in [5, 5.41) is 11.7. The van der Waals surface area contributed by atoms with Crippen molar-refractivity contribution in [1.82, 2.24) is 20.0 Å². The highest BCUT2D eigenvalue weighted by Crippen LogP contribution is 2.20. The Hall–Kier alpha value is -4.20. The van der Waals surface area contributed by atoms with Crippen LogP contribution in [0, 0.1) is 5.82 Å². The molecule has 0 bridgehead atoms. The molecule has 3 aromatic carbocycles. The summed E-state index contributed by atoms with van der Waals surface area (Å²) in [4.78, 5) is 29.0. The molecule has 34 heavy (non-hydrogen) atoms. The monoisotopic (exact) mass is 457 g/mol. The maximum atomic E-state index is 13.1. The third-order valence-corrected chi connectivity index (χ3v) is 6.08. The van der Waals surface area contributed by atoms with E-state index in [2.05, 4.69) is 15.5 Å². The summed E-state index contributed by atoms with van der Waals surface area (Å²) in [6, 6.07) is 21.0. The van der Waals surface area contributed by atoms with Crippen LogP contribution in [0.25, 0.3) is 10.9 Å². The highest BCUT2D eigenvalue weighted by Gasteiger charge is 2.25. The molecular formula is C26H24FN5O2. The van der Waals surface area contributed by atoms with Crippen LogP contribution < -0.4 is 5.32 Å². The number of halogens is 1. The summed E-state index contributed by atoms with van der Waals surface area (Å²) in [6.07, 6.45) is 0. The second kappa shape index (κ2) is 9.35. The summed E-state index contributed by atoms with van der Waals surface area (Å²) in [7, 11) is 0. The molecule has 1 aliphatic rings. The molecule has 7 nitrogen and oxygen atoms in total. The summed E-state index contributed by atoms with van der Waals surface area (Å²) in [6.45, 7) is 2.40. The fraction of sp³-hybridized carbons (Fsp3) is 0.192. The van der Waals surface area contributed by atoms with Gasteiger partial charge in [-0.2, -0.15) is 5.10 Å². The van der Waals surface area contributed by atoms with Crippen molar-refractivity contribution in [3.8, 4) is 0 Å². The fourth-order valence-electron chi connectivity index (χ4n) is 4.12. The largest absolute Gasteiger partial charge is 0.364 e. The van der Waals surface area contributed by atoms with Gasteiger partial charge in [0.2, 0.25) is 0 Å². The first-order valence-electron chi connectivity index (χ1n) is 11.2. The summed E-state index contributed by atoms with van der Waals surface area (Å²) < 4.78 is 13.1. The summed E-state index contributed by atoms with van der Waals surface area (Å²) in [5.74, 6) is 0.229. The maximum absolute atomic E-state index is 13.1. The van der Waals surface area contributed by atoms with E-state index in [1.807, 2.05) is 48.5 Å². The average Bonchev–Trinajstić information content (AvgIpc) is 3.31. The molecule has 5 rings (SSSR count). The standard InChI is InChI=1S/C26H24FN5O2/c27-21-11-9-20(10-12-21)26(34)32-15-13-31(14-16-32)25(33)19-7-5-18(6-8-19)17-28-24-22-3-1-2-4-23(22)29-30-24/h1-12H,13-17H2,(H2,28,29,30). The number of aromatic nitrogens is 2. The molecule has 8 heteroatoms. The van der Waals surface area contributed by atoms with Crippen molar-refractivity contribution in [3.05, 3.63) is 95.3 Å². The molecule has 1 saturated heterocycles. The van der Waals surface area contributed by atoms with Crippen LogP contribution >= 0.6 is 0 Å². The summed E-state index contributed by atoms with van der Waals surface area (Å²) >= 11 is 0. The van der Waals surface area contributed by atoms with E-state index in [1.54, 1.807) is 9.80 Å². The SMILES string of the molecule is O=C(c1ccc(F)cc1)N1CCN(C(=O)c2ccc(CNc3n[nH]c4ccccc34)cc2)CC1. The predicted octanol–water partition coefficient (Wildman–Crippen LogP) is 3.91. The molecule has 2 heterocycles. The van der Waals surface area contributed by atoms with Gasteiger partial charge in [-0.3, -0.25) is 14.7 Å². The molecule has 0 spiro atoms. The molecular weight excluding hydrogens is 433 g/mol. The van der Waals surface area contributed by atoms with E-state index in [-0.39, 0.29) is 17.6 Å². The molecule has 1 aromatic heterocycles. The van der Waals surface area contributed by atoms with Crippen LogP contribution in [0.1, 0.15) is 26.3 Å². The number of rotatable bonds is 5. The lowest BCUT2D eigenvalue weighted by Crippen LogP contribution is -2.50. The van der Waals surface area contributed by atoms with Crippen molar-refractivity contribution in [1.29, 1.82) is 0 Å². The fourth-order valence-corrected chi connectivity index (χ4v) is 4.12. The molecule has 4 aromatic rings. The van der Waals surface area contributed by atoms with Gasteiger partial charge in [-0.15, -0.1) is 0 Å². The molecule has 0 atom stereocenters. The van der Waals surface area contributed by atoms with Gasteiger partial charge in [0.05, 0.1) is 5.52 Å². The molecule has 0 aliphatic carbocycles. The first-order chi connectivity index (χ1) is 16.6. The minimum atomic E-state index is -0.372. The van der Waals surface area contributed by atoms with Crippen molar-refractivity contribution < 1.29 is 14.0 Å². The van der Waals surface area contributed by atoms with Gasteiger partial charge in [-0.1, -0.05) is 24.3 Å². The van der Waals surface area contributed by atoms with Gasteiger partial charge in [0.15, 0.2) is 5.82 Å². The number of amides is 2. The molecule has 2 amide bonds. The third-order valence-electron chi connectivity index (χ3n) is 6.08. The lowest BCUT2D eigenvalue weighted by molar-refractivity contribution is 0.0535. The molecule has 2 N–H and O–H groups in total. The minimum Gasteiger partial charge on any atom is -0.364 e. The average molecular weight is 458 g/mol. The number of piperazine rings is 1.